The fourth-order valence-corrected chi connectivity index (χ4v) is 2.28. The Bertz CT molecular complexity index is 541. The maximum atomic E-state index is 11.9. The van der Waals surface area contributed by atoms with E-state index in [0.717, 1.165) is 10.6 Å². The lowest BCUT2D eigenvalue weighted by Crippen LogP contribution is -2.36. The van der Waals surface area contributed by atoms with Gasteiger partial charge in [-0.25, -0.2) is 4.98 Å². The predicted octanol–water partition coefficient (Wildman–Crippen LogP) is 1.54. The molecule has 0 radical (unpaired) electrons. The summed E-state index contributed by atoms with van der Waals surface area (Å²) in [6.45, 7) is 2.60. The lowest BCUT2D eigenvalue weighted by atomic mass is 10.3. The monoisotopic (exact) mass is 276 g/mol. The Labute approximate surface area is 116 Å². The summed E-state index contributed by atoms with van der Waals surface area (Å²) in [7, 11) is 1.87. The van der Waals surface area contributed by atoms with Crippen LogP contribution >= 0.6 is 11.3 Å². The molecule has 6 heteroatoms. The second kappa shape index (κ2) is 6.40. The third-order valence-corrected chi connectivity index (χ3v) is 3.76. The Morgan fingerprint density at radius 1 is 1.42 bits per heavy atom. The van der Waals surface area contributed by atoms with Crippen molar-refractivity contribution >= 4 is 17.2 Å². The van der Waals surface area contributed by atoms with Crippen molar-refractivity contribution in [3.8, 4) is 10.6 Å². The molecule has 5 nitrogen and oxygen atoms in total. The van der Waals surface area contributed by atoms with Crippen LogP contribution in [0.15, 0.2) is 30.7 Å². The van der Waals surface area contributed by atoms with Gasteiger partial charge in [-0.2, -0.15) is 0 Å². The van der Waals surface area contributed by atoms with Crippen molar-refractivity contribution in [1.82, 2.24) is 20.6 Å². The van der Waals surface area contributed by atoms with E-state index in [-0.39, 0.29) is 11.9 Å². The molecule has 0 saturated heterocycles. The number of hydrogen-bond acceptors (Lipinski definition) is 5. The van der Waals surface area contributed by atoms with Gasteiger partial charge in [-0.3, -0.25) is 9.78 Å². The van der Waals surface area contributed by atoms with E-state index in [1.807, 2.05) is 26.1 Å². The van der Waals surface area contributed by atoms with Crippen molar-refractivity contribution in [1.29, 1.82) is 0 Å². The Morgan fingerprint density at radius 3 is 2.84 bits per heavy atom. The van der Waals surface area contributed by atoms with Crippen LogP contribution in [0, 0.1) is 0 Å². The van der Waals surface area contributed by atoms with Crippen molar-refractivity contribution in [3.05, 3.63) is 35.6 Å². The molecule has 1 amide bonds. The maximum Gasteiger partial charge on any atom is 0.263 e. The first-order valence-electron chi connectivity index (χ1n) is 6.02. The topological polar surface area (TPSA) is 66.9 Å². The lowest BCUT2D eigenvalue weighted by Gasteiger charge is -2.10. The van der Waals surface area contributed by atoms with E-state index in [1.54, 1.807) is 18.6 Å². The molecule has 0 saturated carbocycles. The van der Waals surface area contributed by atoms with Gasteiger partial charge in [0.15, 0.2) is 0 Å². The number of nitrogens with one attached hydrogen (secondary N) is 2. The number of thiazole rings is 1. The van der Waals surface area contributed by atoms with Crippen LogP contribution in [0.2, 0.25) is 0 Å². The van der Waals surface area contributed by atoms with Crippen LogP contribution in [0.4, 0.5) is 0 Å². The number of amides is 1. The molecule has 2 heterocycles. The van der Waals surface area contributed by atoms with Crippen LogP contribution in [-0.4, -0.2) is 35.5 Å². The predicted molar refractivity (Wildman–Crippen MR) is 76.2 cm³/mol. The first kappa shape index (κ1) is 13.6. The minimum absolute atomic E-state index is 0.0834. The number of pyridine rings is 1. The van der Waals surface area contributed by atoms with Crippen molar-refractivity contribution in [2.24, 2.45) is 0 Å². The first-order chi connectivity index (χ1) is 9.20. The van der Waals surface area contributed by atoms with E-state index in [0.29, 0.717) is 11.4 Å². The molecule has 0 aromatic carbocycles. The van der Waals surface area contributed by atoms with Crippen molar-refractivity contribution in [3.63, 3.8) is 0 Å². The molecule has 100 valence electrons. The molecule has 0 aliphatic heterocycles. The van der Waals surface area contributed by atoms with Gasteiger partial charge in [-0.1, -0.05) is 0 Å². The minimum Gasteiger partial charge on any atom is -0.350 e. The second-order valence-electron chi connectivity index (χ2n) is 4.17. The zero-order valence-electron chi connectivity index (χ0n) is 10.9. The molecular weight excluding hydrogens is 260 g/mol. The van der Waals surface area contributed by atoms with Crippen LogP contribution in [0.1, 0.15) is 16.6 Å². The summed E-state index contributed by atoms with van der Waals surface area (Å²) in [4.78, 5) is 20.8. The summed E-state index contributed by atoms with van der Waals surface area (Å²) in [5.74, 6) is -0.0834. The van der Waals surface area contributed by atoms with Crippen LogP contribution in [-0.2, 0) is 0 Å². The van der Waals surface area contributed by atoms with Crippen molar-refractivity contribution in [2.45, 2.75) is 13.0 Å². The molecule has 2 aromatic heterocycles. The molecule has 1 atom stereocenters. The van der Waals surface area contributed by atoms with Gasteiger partial charge in [0, 0.05) is 30.5 Å². The highest BCUT2D eigenvalue weighted by atomic mass is 32.1. The molecule has 0 fully saturated rings. The zero-order chi connectivity index (χ0) is 13.7. The van der Waals surface area contributed by atoms with E-state index >= 15 is 0 Å². The van der Waals surface area contributed by atoms with Crippen LogP contribution in [0.25, 0.3) is 10.6 Å². The quantitative estimate of drug-likeness (QED) is 0.869. The number of carbonyl (C=O) groups excluding carboxylic acids is 1. The Morgan fingerprint density at radius 2 is 2.16 bits per heavy atom. The van der Waals surface area contributed by atoms with E-state index in [2.05, 4.69) is 20.6 Å². The summed E-state index contributed by atoms with van der Waals surface area (Å²) in [5.41, 5.74) is 0.975. The number of likely N-dealkylation sites (N-methyl/N-ethyl adjacent to an activating group) is 1. The van der Waals surface area contributed by atoms with Crippen molar-refractivity contribution < 1.29 is 4.79 Å². The molecule has 2 N–H and O–H groups in total. The SMILES string of the molecule is CNC(C)CNC(=O)c1cnc(-c2ccncc2)s1. The third-order valence-electron chi connectivity index (χ3n) is 2.72. The Kier molecular flexibility index (Phi) is 4.59. The van der Waals surface area contributed by atoms with E-state index in [1.165, 1.54) is 11.3 Å². The summed E-state index contributed by atoms with van der Waals surface area (Å²) in [6, 6.07) is 4.00. The van der Waals surface area contributed by atoms with Crippen molar-refractivity contribution in [2.75, 3.05) is 13.6 Å². The minimum atomic E-state index is -0.0834. The third kappa shape index (κ3) is 3.59. The number of carbonyl (C=O) groups is 1. The highest BCUT2D eigenvalue weighted by Crippen LogP contribution is 2.24. The average Bonchev–Trinajstić information content (AvgIpc) is 2.95. The molecule has 0 aliphatic carbocycles. The molecule has 2 rings (SSSR count). The van der Waals surface area contributed by atoms with E-state index < -0.39 is 0 Å². The number of nitrogens with zero attached hydrogens (tertiary/aromatic N) is 2. The fraction of sp³-hybridized carbons (Fsp3) is 0.308. The largest absolute Gasteiger partial charge is 0.350 e. The summed E-state index contributed by atoms with van der Waals surface area (Å²) >= 11 is 1.38. The number of aromatic nitrogens is 2. The number of hydrogen-bond donors (Lipinski definition) is 2. The van der Waals surface area contributed by atoms with Crippen LogP contribution in [0.3, 0.4) is 0 Å². The van der Waals surface area contributed by atoms with Gasteiger partial charge in [0.25, 0.3) is 5.91 Å². The highest BCUT2D eigenvalue weighted by Gasteiger charge is 2.12. The Hall–Kier alpha value is -1.79. The van der Waals surface area contributed by atoms with Gasteiger partial charge in [0.05, 0.1) is 6.20 Å². The average molecular weight is 276 g/mol. The Balaban J connectivity index is 2.03. The molecule has 0 bridgehead atoms. The molecular formula is C13H16N4OS. The lowest BCUT2D eigenvalue weighted by molar-refractivity contribution is 0.0954. The molecule has 2 aromatic rings. The van der Waals surface area contributed by atoms with Crippen LogP contribution in [0.5, 0.6) is 0 Å². The van der Waals surface area contributed by atoms with Gasteiger partial charge in [0.1, 0.15) is 9.88 Å². The highest BCUT2D eigenvalue weighted by molar-refractivity contribution is 7.16. The van der Waals surface area contributed by atoms with Gasteiger partial charge in [-0.05, 0) is 26.1 Å². The van der Waals surface area contributed by atoms with Gasteiger partial charge < -0.3 is 10.6 Å². The molecule has 0 spiro atoms. The molecule has 1 unspecified atom stereocenters. The van der Waals surface area contributed by atoms with E-state index in [4.69, 9.17) is 0 Å². The fourth-order valence-electron chi connectivity index (χ4n) is 1.44. The zero-order valence-corrected chi connectivity index (χ0v) is 11.7. The maximum absolute atomic E-state index is 11.9. The van der Waals surface area contributed by atoms with Gasteiger partial charge in [-0.15, -0.1) is 11.3 Å². The summed E-state index contributed by atoms with van der Waals surface area (Å²) in [6.07, 6.45) is 5.04. The standard InChI is InChI=1S/C13H16N4OS/c1-9(14-2)7-16-12(18)11-8-17-13(19-11)10-3-5-15-6-4-10/h3-6,8-9,14H,7H2,1-2H3,(H,16,18). The van der Waals surface area contributed by atoms with E-state index in [9.17, 15) is 4.79 Å². The van der Waals surface area contributed by atoms with Gasteiger partial charge >= 0.3 is 0 Å². The summed E-state index contributed by atoms with van der Waals surface area (Å²) in [5, 5.41) is 6.77. The molecule has 19 heavy (non-hydrogen) atoms. The number of rotatable bonds is 5. The first-order valence-corrected chi connectivity index (χ1v) is 6.84. The second-order valence-corrected chi connectivity index (χ2v) is 5.20. The van der Waals surface area contributed by atoms with Crippen LogP contribution < -0.4 is 10.6 Å². The molecule has 0 aliphatic rings. The van der Waals surface area contributed by atoms with Gasteiger partial charge in [0.2, 0.25) is 0 Å². The smallest absolute Gasteiger partial charge is 0.263 e. The normalized spacial score (nSPS) is 12.1. The summed E-state index contributed by atoms with van der Waals surface area (Å²) < 4.78 is 0.